The number of benzene rings is 2. The molecule has 28 heavy (non-hydrogen) atoms. The summed E-state index contributed by atoms with van der Waals surface area (Å²) in [5.41, 5.74) is 2.02. The Morgan fingerprint density at radius 1 is 1.11 bits per heavy atom. The molecule has 0 aliphatic heterocycles. The van der Waals surface area contributed by atoms with Crippen LogP contribution in [0.4, 0.5) is 5.69 Å². The molecule has 0 bridgehead atoms. The van der Waals surface area contributed by atoms with E-state index in [1.54, 1.807) is 35.2 Å². The lowest BCUT2D eigenvalue weighted by Crippen LogP contribution is -2.39. The van der Waals surface area contributed by atoms with E-state index in [0.717, 1.165) is 18.5 Å². The van der Waals surface area contributed by atoms with Gasteiger partial charge in [0.2, 0.25) is 5.91 Å². The number of aliphatic hydroxyl groups excluding tert-OH is 1. The summed E-state index contributed by atoms with van der Waals surface area (Å²) in [6.45, 7) is 7.72. The number of anilines is 1. The molecule has 0 saturated heterocycles. The first-order valence-electron chi connectivity index (χ1n) is 9.75. The molecular formula is C24H29NO3. The maximum Gasteiger partial charge on any atom is 0.233 e. The summed E-state index contributed by atoms with van der Waals surface area (Å²) >= 11 is 0. The van der Waals surface area contributed by atoms with E-state index in [9.17, 15) is 14.7 Å². The van der Waals surface area contributed by atoms with Gasteiger partial charge in [-0.25, -0.2) is 0 Å². The summed E-state index contributed by atoms with van der Waals surface area (Å²) in [5, 5.41) is 11.0. The van der Waals surface area contributed by atoms with Gasteiger partial charge in [-0.05, 0) is 31.0 Å². The smallest absolute Gasteiger partial charge is 0.233 e. The fourth-order valence-electron chi connectivity index (χ4n) is 3.25. The predicted octanol–water partition coefficient (Wildman–Crippen LogP) is 4.95. The number of carbonyl (C=O) groups is 2. The summed E-state index contributed by atoms with van der Waals surface area (Å²) in [7, 11) is 0. The minimum atomic E-state index is -0.934. The molecule has 4 nitrogen and oxygen atoms in total. The van der Waals surface area contributed by atoms with Crippen molar-refractivity contribution in [3.8, 4) is 0 Å². The maximum absolute atomic E-state index is 13.4. The van der Waals surface area contributed by atoms with Crippen LogP contribution in [0.1, 0.15) is 55.1 Å². The Bertz CT molecular complexity index is 783. The molecule has 4 heteroatoms. The van der Waals surface area contributed by atoms with Gasteiger partial charge in [0.15, 0.2) is 5.78 Å². The minimum Gasteiger partial charge on any atom is -0.388 e. The second-order valence-electron chi connectivity index (χ2n) is 6.94. The number of carbonyl (C=O) groups excluding carboxylic acids is 2. The van der Waals surface area contributed by atoms with Crippen molar-refractivity contribution in [1.29, 1.82) is 0 Å². The zero-order chi connectivity index (χ0) is 20.5. The Morgan fingerprint density at radius 2 is 1.75 bits per heavy atom. The van der Waals surface area contributed by atoms with Gasteiger partial charge in [0.25, 0.3) is 0 Å². The van der Waals surface area contributed by atoms with Crippen molar-refractivity contribution in [2.24, 2.45) is 5.92 Å². The normalized spacial score (nSPS) is 12.8. The van der Waals surface area contributed by atoms with Crippen LogP contribution >= 0.6 is 0 Å². The molecule has 0 saturated carbocycles. The zero-order valence-corrected chi connectivity index (χ0v) is 16.7. The van der Waals surface area contributed by atoms with Crippen molar-refractivity contribution in [3.63, 3.8) is 0 Å². The van der Waals surface area contributed by atoms with Crippen LogP contribution in [0.2, 0.25) is 0 Å². The number of para-hydroxylation sites is 1. The second kappa shape index (κ2) is 10.6. The predicted molar refractivity (Wildman–Crippen MR) is 113 cm³/mol. The highest BCUT2D eigenvalue weighted by atomic mass is 16.3. The third kappa shape index (κ3) is 5.40. The van der Waals surface area contributed by atoms with Gasteiger partial charge < -0.3 is 10.0 Å². The average Bonchev–Trinajstić information content (AvgIpc) is 2.72. The Kier molecular flexibility index (Phi) is 8.15. The monoisotopic (exact) mass is 379 g/mol. The lowest BCUT2D eigenvalue weighted by atomic mass is 9.89. The van der Waals surface area contributed by atoms with E-state index < -0.39 is 12.0 Å². The number of unbranched alkanes of at least 4 members (excludes halogenated alkanes) is 1. The van der Waals surface area contributed by atoms with Gasteiger partial charge in [0.1, 0.15) is 0 Å². The molecule has 1 N–H and O–H groups in total. The van der Waals surface area contributed by atoms with E-state index in [0.29, 0.717) is 24.1 Å². The Balaban J connectivity index is 2.32. The lowest BCUT2D eigenvalue weighted by Gasteiger charge is -2.29. The number of hydrogen-bond acceptors (Lipinski definition) is 3. The molecule has 0 aromatic heterocycles. The summed E-state index contributed by atoms with van der Waals surface area (Å²) in [6, 6.07) is 16.3. The summed E-state index contributed by atoms with van der Waals surface area (Å²) < 4.78 is 0. The van der Waals surface area contributed by atoms with Crippen LogP contribution in [0, 0.1) is 5.92 Å². The van der Waals surface area contributed by atoms with Gasteiger partial charge in [-0.3, -0.25) is 9.59 Å². The molecule has 0 spiro atoms. The standard InChI is InChI=1S/C24H29NO3/c1-4-6-12-22(23(27)20-15-13-19(14-16-20)18(3)26)24(28)25(17-5-2)21-10-8-7-9-11-21/h5,7-11,13-16,22-23,27H,2,4,6,12,17H2,1,3H3/t22-,23-/m0/s1. The molecule has 1 amide bonds. The van der Waals surface area contributed by atoms with Gasteiger partial charge in [-0.2, -0.15) is 0 Å². The zero-order valence-electron chi connectivity index (χ0n) is 16.7. The highest BCUT2D eigenvalue weighted by Crippen LogP contribution is 2.30. The molecule has 0 aliphatic carbocycles. The maximum atomic E-state index is 13.4. The molecule has 0 radical (unpaired) electrons. The van der Waals surface area contributed by atoms with Gasteiger partial charge in [0.05, 0.1) is 12.0 Å². The molecule has 0 aliphatic rings. The van der Waals surface area contributed by atoms with Crippen molar-refractivity contribution in [1.82, 2.24) is 0 Å². The quantitative estimate of drug-likeness (QED) is 0.469. The van der Waals surface area contributed by atoms with Crippen molar-refractivity contribution in [2.75, 3.05) is 11.4 Å². The van der Waals surface area contributed by atoms with Crippen molar-refractivity contribution < 1.29 is 14.7 Å². The number of hydrogen-bond donors (Lipinski definition) is 1. The highest BCUT2D eigenvalue weighted by Gasteiger charge is 2.31. The van der Waals surface area contributed by atoms with E-state index in [2.05, 4.69) is 13.5 Å². The third-order valence-electron chi connectivity index (χ3n) is 4.87. The van der Waals surface area contributed by atoms with Crippen LogP contribution in [0.15, 0.2) is 67.3 Å². The number of aliphatic hydroxyl groups is 1. The van der Waals surface area contributed by atoms with Crippen LogP contribution in [-0.4, -0.2) is 23.3 Å². The van der Waals surface area contributed by atoms with Crippen LogP contribution in [0.3, 0.4) is 0 Å². The molecule has 0 heterocycles. The van der Waals surface area contributed by atoms with Crippen molar-refractivity contribution in [2.45, 2.75) is 39.2 Å². The summed E-state index contributed by atoms with van der Waals surface area (Å²) in [4.78, 5) is 26.6. The first-order valence-corrected chi connectivity index (χ1v) is 9.75. The molecule has 2 rings (SSSR count). The number of nitrogens with zero attached hydrogens (tertiary/aromatic N) is 1. The second-order valence-corrected chi connectivity index (χ2v) is 6.94. The Labute approximate surface area is 167 Å². The topological polar surface area (TPSA) is 57.6 Å². The molecule has 0 fully saturated rings. The van der Waals surface area contributed by atoms with Gasteiger partial charge in [-0.1, -0.05) is 68.3 Å². The number of rotatable bonds is 10. The largest absolute Gasteiger partial charge is 0.388 e. The van der Waals surface area contributed by atoms with Gasteiger partial charge in [0, 0.05) is 17.8 Å². The Morgan fingerprint density at radius 3 is 2.29 bits per heavy atom. The average molecular weight is 380 g/mol. The molecular weight excluding hydrogens is 350 g/mol. The van der Waals surface area contributed by atoms with Gasteiger partial charge in [-0.15, -0.1) is 6.58 Å². The third-order valence-corrected chi connectivity index (χ3v) is 4.87. The SMILES string of the molecule is C=CCN(C(=O)[C@@H](CCCC)[C@@H](O)c1ccc(C(C)=O)cc1)c1ccccc1. The number of Topliss-reactive ketones (excluding diaryl/α,β-unsaturated/α-hetero) is 1. The van der Waals surface area contributed by atoms with E-state index >= 15 is 0 Å². The van der Waals surface area contributed by atoms with Crippen LogP contribution < -0.4 is 4.90 Å². The van der Waals surface area contributed by atoms with Crippen molar-refractivity contribution in [3.05, 3.63) is 78.4 Å². The number of ketones is 1. The molecule has 2 aromatic rings. The van der Waals surface area contributed by atoms with Crippen LogP contribution in [-0.2, 0) is 4.79 Å². The Hall–Kier alpha value is -2.72. The van der Waals surface area contributed by atoms with E-state index in [1.807, 2.05) is 30.3 Å². The summed E-state index contributed by atoms with van der Waals surface area (Å²) in [5.74, 6) is -0.716. The van der Waals surface area contributed by atoms with E-state index in [1.165, 1.54) is 6.92 Å². The molecule has 0 unspecified atom stereocenters. The fourth-order valence-corrected chi connectivity index (χ4v) is 3.25. The highest BCUT2D eigenvalue weighted by molar-refractivity contribution is 5.96. The van der Waals surface area contributed by atoms with E-state index in [-0.39, 0.29) is 11.7 Å². The molecule has 2 atom stereocenters. The van der Waals surface area contributed by atoms with E-state index in [4.69, 9.17) is 0 Å². The van der Waals surface area contributed by atoms with Crippen LogP contribution in [0.25, 0.3) is 0 Å². The first kappa shape index (κ1) is 21.6. The minimum absolute atomic E-state index is 0.0270. The molecule has 148 valence electrons. The number of amides is 1. The van der Waals surface area contributed by atoms with Crippen molar-refractivity contribution >= 4 is 17.4 Å². The summed E-state index contributed by atoms with van der Waals surface area (Å²) in [6.07, 6.45) is 3.12. The van der Waals surface area contributed by atoms with Gasteiger partial charge >= 0.3 is 0 Å². The van der Waals surface area contributed by atoms with Crippen LogP contribution in [0.5, 0.6) is 0 Å². The lowest BCUT2D eigenvalue weighted by molar-refractivity contribution is -0.126. The fraction of sp³-hybridized carbons (Fsp3) is 0.333. The first-order chi connectivity index (χ1) is 13.5. The molecule has 2 aromatic carbocycles.